The molecule has 0 saturated carbocycles. The van der Waals surface area contributed by atoms with Crippen LogP contribution in [0.3, 0.4) is 0 Å². The molecule has 2 atom stereocenters. The van der Waals surface area contributed by atoms with Crippen molar-refractivity contribution in [2.45, 2.75) is 25.9 Å². The summed E-state index contributed by atoms with van der Waals surface area (Å²) in [6.45, 7) is 8.06. The van der Waals surface area contributed by atoms with Crippen molar-refractivity contribution < 1.29 is 9.47 Å². The number of nitrogens with one attached hydrogen (secondary N) is 2. The Bertz CT molecular complexity index is 578. The number of aliphatic imine (C=N–C) groups is 1. The van der Waals surface area contributed by atoms with Gasteiger partial charge in [-0.25, -0.2) is 0 Å². The molecule has 2 unspecified atom stereocenters. The summed E-state index contributed by atoms with van der Waals surface area (Å²) in [4.78, 5) is 6.85. The predicted octanol–water partition coefficient (Wildman–Crippen LogP) is 2.34. The summed E-state index contributed by atoms with van der Waals surface area (Å²) in [5.74, 6) is 3.04. The van der Waals surface area contributed by atoms with Crippen LogP contribution < -0.4 is 20.1 Å². The number of hydrogen-bond acceptors (Lipinski definition) is 4. The summed E-state index contributed by atoms with van der Waals surface area (Å²) in [7, 11) is 1.80. The number of rotatable bonds is 6. The molecule has 1 fully saturated rings. The molecule has 26 heavy (non-hydrogen) atoms. The highest BCUT2D eigenvalue weighted by atomic mass is 127. The van der Waals surface area contributed by atoms with E-state index in [1.165, 1.54) is 25.9 Å². The van der Waals surface area contributed by atoms with Crippen LogP contribution in [0.1, 0.15) is 19.8 Å². The molecule has 2 aliphatic heterocycles. The zero-order valence-corrected chi connectivity index (χ0v) is 18.1. The van der Waals surface area contributed by atoms with Crippen LogP contribution in [0.15, 0.2) is 29.3 Å². The predicted molar refractivity (Wildman–Crippen MR) is 116 cm³/mol. The largest absolute Gasteiger partial charge is 0.486 e. The fourth-order valence-corrected chi connectivity index (χ4v) is 3.34. The number of halogens is 1. The third-order valence-corrected chi connectivity index (χ3v) is 4.67. The van der Waals surface area contributed by atoms with E-state index in [1.807, 2.05) is 24.3 Å². The van der Waals surface area contributed by atoms with Crippen molar-refractivity contribution in [3.63, 3.8) is 0 Å². The Kier molecular flexibility index (Phi) is 8.77. The van der Waals surface area contributed by atoms with Gasteiger partial charge in [0.25, 0.3) is 0 Å². The number of guanidine groups is 1. The Hall–Kier alpha value is -1.22. The fourth-order valence-electron chi connectivity index (χ4n) is 3.34. The molecule has 0 aliphatic carbocycles. The second-order valence-electron chi connectivity index (χ2n) is 6.94. The van der Waals surface area contributed by atoms with E-state index >= 15 is 0 Å². The van der Waals surface area contributed by atoms with Gasteiger partial charge in [0.1, 0.15) is 12.7 Å². The topological polar surface area (TPSA) is 58.1 Å². The van der Waals surface area contributed by atoms with Gasteiger partial charge < -0.3 is 25.0 Å². The van der Waals surface area contributed by atoms with Crippen LogP contribution in [0, 0.1) is 5.92 Å². The SMILES string of the molecule is CN=C(NCC(C)CN1CCCC1)NCC1COc2ccccc2O1.I. The highest BCUT2D eigenvalue weighted by Gasteiger charge is 2.21. The average molecular weight is 474 g/mol. The monoisotopic (exact) mass is 474 g/mol. The normalized spacial score (nSPS) is 21.0. The van der Waals surface area contributed by atoms with Crippen LogP contribution in [0.5, 0.6) is 11.5 Å². The van der Waals surface area contributed by atoms with Crippen LogP contribution in [0.25, 0.3) is 0 Å². The zero-order chi connectivity index (χ0) is 17.5. The maximum Gasteiger partial charge on any atom is 0.191 e. The Morgan fingerprint density at radius 1 is 1.23 bits per heavy atom. The van der Waals surface area contributed by atoms with Crippen LogP contribution in [-0.2, 0) is 0 Å². The smallest absolute Gasteiger partial charge is 0.191 e. The van der Waals surface area contributed by atoms with Gasteiger partial charge in [-0.15, -0.1) is 24.0 Å². The molecule has 2 N–H and O–H groups in total. The molecule has 1 aromatic carbocycles. The van der Waals surface area contributed by atoms with Gasteiger partial charge in [0, 0.05) is 20.1 Å². The summed E-state index contributed by atoms with van der Waals surface area (Å²) in [5, 5.41) is 6.76. The Morgan fingerprint density at radius 2 is 1.96 bits per heavy atom. The molecule has 0 aromatic heterocycles. The van der Waals surface area contributed by atoms with Crippen molar-refractivity contribution in [2.24, 2.45) is 10.9 Å². The van der Waals surface area contributed by atoms with Crippen LogP contribution in [0.2, 0.25) is 0 Å². The third kappa shape index (κ3) is 6.19. The van der Waals surface area contributed by atoms with E-state index in [1.54, 1.807) is 7.05 Å². The quantitative estimate of drug-likeness (QED) is 0.377. The van der Waals surface area contributed by atoms with E-state index in [-0.39, 0.29) is 30.1 Å². The van der Waals surface area contributed by atoms with E-state index in [0.29, 0.717) is 19.1 Å². The molecule has 1 aromatic rings. The Morgan fingerprint density at radius 3 is 2.69 bits per heavy atom. The lowest BCUT2D eigenvalue weighted by atomic mass is 10.1. The van der Waals surface area contributed by atoms with Gasteiger partial charge in [0.15, 0.2) is 17.5 Å². The highest BCUT2D eigenvalue weighted by molar-refractivity contribution is 14.0. The van der Waals surface area contributed by atoms with Gasteiger partial charge in [-0.3, -0.25) is 4.99 Å². The highest BCUT2D eigenvalue weighted by Crippen LogP contribution is 2.30. The number of benzene rings is 1. The van der Waals surface area contributed by atoms with Crippen molar-refractivity contribution in [3.8, 4) is 11.5 Å². The minimum atomic E-state index is -0.0181. The Labute approximate surface area is 173 Å². The van der Waals surface area contributed by atoms with Crippen molar-refractivity contribution in [1.82, 2.24) is 15.5 Å². The first-order valence-corrected chi connectivity index (χ1v) is 9.30. The van der Waals surface area contributed by atoms with E-state index in [2.05, 4.69) is 27.4 Å². The number of fused-ring (bicyclic) bond motifs is 1. The molecule has 1 saturated heterocycles. The molecule has 2 aliphatic rings. The molecule has 0 bridgehead atoms. The second-order valence-corrected chi connectivity index (χ2v) is 6.94. The third-order valence-electron chi connectivity index (χ3n) is 4.67. The Balaban J connectivity index is 0.00000243. The molecule has 6 nitrogen and oxygen atoms in total. The molecule has 2 heterocycles. The summed E-state index contributed by atoms with van der Waals surface area (Å²) < 4.78 is 11.7. The maximum absolute atomic E-state index is 5.96. The minimum absolute atomic E-state index is 0. The van der Waals surface area contributed by atoms with E-state index in [9.17, 15) is 0 Å². The first-order valence-electron chi connectivity index (χ1n) is 9.30. The number of likely N-dealkylation sites (tertiary alicyclic amines) is 1. The standard InChI is InChI=1S/C19H30N4O2.HI/c1-15(13-23-9-5-6-10-23)11-21-19(20-2)22-12-16-14-24-17-7-3-4-8-18(17)25-16;/h3-4,7-8,15-16H,5-6,9-14H2,1-2H3,(H2,20,21,22);1H. The van der Waals surface area contributed by atoms with Gasteiger partial charge in [-0.1, -0.05) is 19.1 Å². The van der Waals surface area contributed by atoms with Crippen LogP contribution >= 0.6 is 24.0 Å². The van der Waals surface area contributed by atoms with Gasteiger partial charge in [0.05, 0.1) is 6.54 Å². The van der Waals surface area contributed by atoms with E-state index in [4.69, 9.17) is 9.47 Å². The molecule has 0 radical (unpaired) electrons. The number of para-hydroxylation sites is 2. The maximum atomic E-state index is 5.96. The van der Waals surface area contributed by atoms with Gasteiger partial charge in [0.2, 0.25) is 0 Å². The van der Waals surface area contributed by atoms with Crippen LogP contribution in [0.4, 0.5) is 0 Å². The molecule has 3 rings (SSSR count). The first-order chi connectivity index (χ1) is 12.2. The summed E-state index contributed by atoms with van der Waals surface area (Å²) in [5.41, 5.74) is 0. The van der Waals surface area contributed by atoms with Gasteiger partial charge >= 0.3 is 0 Å². The molecule has 146 valence electrons. The lowest BCUT2D eigenvalue weighted by Gasteiger charge is -2.27. The summed E-state index contributed by atoms with van der Waals surface area (Å²) >= 11 is 0. The van der Waals surface area contributed by atoms with Crippen molar-refractivity contribution in [2.75, 3.05) is 46.4 Å². The van der Waals surface area contributed by atoms with E-state index < -0.39 is 0 Å². The lowest BCUT2D eigenvalue weighted by molar-refractivity contribution is 0.0936. The van der Waals surface area contributed by atoms with Gasteiger partial charge in [-0.05, 0) is 44.0 Å². The van der Waals surface area contributed by atoms with Crippen LogP contribution in [-0.4, -0.2) is 63.3 Å². The van der Waals surface area contributed by atoms with E-state index in [0.717, 1.165) is 30.5 Å². The summed E-state index contributed by atoms with van der Waals surface area (Å²) in [6, 6.07) is 7.78. The number of nitrogens with zero attached hydrogens (tertiary/aromatic N) is 2. The second kappa shape index (κ2) is 10.8. The van der Waals surface area contributed by atoms with Crippen molar-refractivity contribution >= 4 is 29.9 Å². The average Bonchev–Trinajstić information content (AvgIpc) is 3.14. The molecule has 0 amide bonds. The zero-order valence-electron chi connectivity index (χ0n) is 15.7. The molecular formula is C19H31IN4O2. The molecule has 7 heteroatoms. The van der Waals surface area contributed by atoms with Gasteiger partial charge in [-0.2, -0.15) is 0 Å². The number of ether oxygens (including phenoxy) is 2. The van der Waals surface area contributed by atoms with Crippen molar-refractivity contribution in [1.29, 1.82) is 0 Å². The first kappa shape index (κ1) is 21.1. The fraction of sp³-hybridized carbons (Fsp3) is 0.632. The molecule has 0 spiro atoms. The van der Waals surface area contributed by atoms with Crippen molar-refractivity contribution in [3.05, 3.63) is 24.3 Å². The summed E-state index contributed by atoms with van der Waals surface area (Å²) in [6.07, 6.45) is 2.67. The molecular weight excluding hydrogens is 443 g/mol. The lowest BCUT2D eigenvalue weighted by Crippen LogP contribution is -2.46. The minimum Gasteiger partial charge on any atom is -0.486 e. The number of hydrogen-bond donors (Lipinski definition) is 2.